The summed E-state index contributed by atoms with van der Waals surface area (Å²) in [5.74, 6) is -0.519. The van der Waals surface area contributed by atoms with Gasteiger partial charge in [0.05, 0.1) is 5.69 Å². The summed E-state index contributed by atoms with van der Waals surface area (Å²) in [6.07, 6.45) is 3.26. The summed E-state index contributed by atoms with van der Waals surface area (Å²) >= 11 is 0. The van der Waals surface area contributed by atoms with Gasteiger partial charge in [0, 0.05) is 36.8 Å². The summed E-state index contributed by atoms with van der Waals surface area (Å²) in [4.78, 5) is 48.7. The number of hydrogen-bond acceptors (Lipinski definition) is 7. The number of nitrogens with one attached hydrogen (secondary N) is 3. The van der Waals surface area contributed by atoms with Crippen LogP contribution >= 0.6 is 0 Å². The van der Waals surface area contributed by atoms with Crippen molar-refractivity contribution in [3.63, 3.8) is 0 Å². The van der Waals surface area contributed by atoms with Gasteiger partial charge in [-0.1, -0.05) is 12.1 Å². The molecule has 0 aliphatic carbocycles. The van der Waals surface area contributed by atoms with Gasteiger partial charge in [0.1, 0.15) is 29.3 Å². The number of fused-ring (bicyclic) bond motifs is 1. The van der Waals surface area contributed by atoms with Gasteiger partial charge in [-0.25, -0.2) is 14.8 Å². The lowest BCUT2D eigenvalue weighted by Gasteiger charge is -2.21. The first-order valence-electron chi connectivity index (χ1n) is 13.2. The van der Waals surface area contributed by atoms with Crippen LogP contribution in [0.5, 0.6) is 0 Å². The fourth-order valence-corrected chi connectivity index (χ4v) is 4.52. The molecule has 0 bridgehead atoms. The number of aromatic nitrogens is 3. The number of amides is 3. The van der Waals surface area contributed by atoms with Gasteiger partial charge in [-0.3, -0.25) is 9.59 Å². The van der Waals surface area contributed by atoms with E-state index in [9.17, 15) is 14.4 Å². The first-order valence-corrected chi connectivity index (χ1v) is 13.2. The van der Waals surface area contributed by atoms with Gasteiger partial charge in [0.25, 0.3) is 5.91 Å². The van der Waals surface area contributed by atoms with Crippen LogP contribution in [0.4, 0.5) is 10.5 Å². The standard InChI is InChI=1S/C28H37N7O4/c1-18(32-27(38)39-28(2,3)4)25(36)33-20-10-8-19(9-11-20)23-21-16-22(34(5)24(21)31-17-30-23)26(37)29-12-15-35-13-6-7-14-35/h8-11,16-18H,6-7,12-15H2,1-5H3,(H,29,37)(H,32,38)(H,33,36)/t18-/m0/s1. The Morgan fingerprint density at radius 2 is 1.77 bits per heavy atom. The quantitative estimate of drug-likeness (QED) is 0.403. The van der Waals surface area contributed by atoms with E-state index in [2.05, 4.69) is 30.8 Å². The normalized spacial score (nSPS) is 14.7. The number of carbonyl (C=O) groups excluding carboxylic acids is 3. The minimum absolute atomic E-state index is 0.146. The predicted molar refractivity (Wildman–Crippen MR) is 149 cm³/mol. The molecule has 0 radical (unpaired) electrons. The molecule has 11 nitrogen and oxygen atoms in total. The molecule has 3 aromatic rings. The van der Waals surface area contributed by atoms with Gasteiger partial charge in [0.2, 0.25) is 5.91 Å². The van der Waals surface area contributed by atoms with E-state index in [0.717, 1.165) is 30.6 Å². The number of likely N-dealkylation sites (tertiary alicyclic amines) is 1. The van der Waals surface area contributed by atoms with E-state index < -0.39 is 17.7 Å². The van der Waals surface area contributed by atoms with Crippen LogP contribution in [0.3, 0.4) is 0 Å². The van der Waals surface area contributed by atoms with Crippen molar-refractivity contribution in [2.45, 2.75) is 52.2 Å². The zero-order chi connectivity index (χ0) is 28.2. The molecule has 0 unspecified atom stereocenters. The van der Waals surface area contributed by atoms with Gasteiger partial charge in [-0.15, -0.1) is 0 Å². The highest BCUT2D eigenvalue weighted by molar-refractivity contribution is 6.01. The molecule has 0 saturated carbocycles. The van der Waals surface area contributed by atoms with Crippen molar-refractivity contribution in [3.05, 3.63) is 42.4 Å². The Morgan fingerprint density at radius 3 is 2.44 bits per heavy atom. The Labute approximate surface area is 228 Å². The maximum Gasteiger partial charge on any atom is 0.408 e. The molecular formula is C28H37N7O4. The summed E-state index contributed by atoms with van der Waals surface area (Å²) in [5.41, 5.74) is 2.58. The molecule has 1 saturated heterocycles. The zero-order valence-corrected chi connectivity index (χ0v) is 23.2. The molecule has 11 heteroatoms. The molecule has 4 rings (SSSR count). The van der Waals surface area contributed by atoms with E-state index in [-0.39, 0.29) is 11.8 Å². The highest BCUT2D eigenvalue weighted by Crippen LogP contribution is 2.28. The van der Waals surface area contributed by atoms with E-state index >= 15 is 0 Å². The fourth-order valence-electron chi connectivity index (χ4n) is 4.52. The number of anilines is 1. The van der Waals surface area contributed by atoms with E-state index in [4.69, 9.17) is 4.74 Å². The number of rotatable bonds is 8. The van der Waals surface area contributed by atoms with E-state index in [1.165, 1.54) is 19.2 Å². The van der Waals surface area contributed by atoms with Crippen LogP contribution in [-0.2, 0) is 16.6 Å². The second-order valence-corrected chi connectivity index (χ2v) is 10.8. The van der Waals surface area contributed by atoms with Crippen molar-refractivity contribution in [1.29, 1.82) is 0 Å². The second-order valence-electron chi connectivity index (χ2n) is 10.8. The van der Waals surface area contributed by atoms with Gasteiger partial charge in [0.15, 0.2) is 0 Å². The number of carbonyl (C=O) groups is 3. The summed E-state index contributed by atoms with van der Waals surface area (Å²) in [5, 5.41) is 9.10. The number of benzene rings is 1. The lowest BCUT2D eigenvalue weighted by molar-refractivity contribution is -0.117. The monoisotopic (exact) mass is 535 g/mol. The van der Waals surface area contributed by atoms with Crippen LogP contribution in [0.25, 0.3) is 22.3 Å². The Balaban J connectivity index is 1.42. The number of ether oxygens (including phenoxy) is 1. The van der Waals surface area contributed by atoms with Crippen LogP contribution in [0.15, 0.2) is 36.7 Å². The maximum atomic E-state index is 12.9. The second kappa shape index (κ2) is 11.8. The molecule has 2 aromatic heterocycles. The summed E-state index contributed by atoms with van der Waals surface area (Å²) < 4.78 is 6.98. The lowest BCUT2D eigenvalue weighted by Crippen LogP contribution is -2.43. The van der Waals surface area contributed by atoms with Crippen LogP contribution in [0, 0.1) is 0 Å². The molecule has 0 spiro atoms. The summed E-state index contributed by atoms with van der Waals surface area (Å²) in [6, 6.07) is 8.23. The van der Waals surface area contributed by atoms with Crippen LogP contribution in [0.1, 0.15) is 51.0 Å². The smallest absolute Gasteiger partial charge is 0.408 e. The van der Waals surface area contributed by atoms with Gasteiger partial charge in [-0.2, -0.15) is 0 Å². The first kappa shape index (κ1) is 28.0. The molecule has 3 heterocycles. The van der Waals surface area contributed by atoms with Crippen molar-refractivity contribution < 1.29 is 19.1 Å². The van der Waals surface area contributed by atoms with E-state index in [1.807, 2.05) is 25.2 Å². The fraction of sp³-hybridized carbons (Fsp3) is 0.464. The molecule has 1 aromatic carbocycles. The Morgan fingerprint density at radius 1 is 1.08 bits per heavy atom. The molecule has 39 heavy (non-hydrogen) atoms. The highest BCUT2D eigenvalue weighted by atomic mass is 16.6. The van der Waals surface area contributed by atoms with Crippen molar-refractivity contribution >= 4 is 34.6 Å². The van der Waals surface area contributed by atoms with Crippen LogP contribution in [-0.4, -0.2) is 75.2 Å². The Bertz CT molecular complexity index is 1340. The Kier molecular flexibility index (Phi) is 8.49. The summed E-state index contributed by atoms with van der Waals surface area (Å²) in [7, 11) is 1.82. The molecule has 208 valence electrons. The van der Waals surface area contributed by atoms with Crippen LogP contribution in [0.2, 0.25) is 0 Å². The van der Waals surface area contributed by atoms with Gasteiger partial charge < -0.3 is 30.2 Å². The summed E-state index contributed by atoms with van der Waals surface area (Å²) in [6.45, 7) is 10.5. The molecule has 1 atom stereocenters. The van der Waals surface area contributed by atoms with Crippen molar-refractivity contribution in [3.8, 4) is 11.3 Å². The predicted octanol–water partition coefficient (Wildman–Crippen LogP) is 3.31. The molecule has 3 amide bonds. The topological polar surface area (TPSA) is 130 Å². The van der Waals surface area contributed by atoms with Crippen molar-refractivity contribution in [2.75, 3.05) is 31.5 Å². The molecule has 3 N–H and O–H groups in total. The first-order chi connectivity index (χ1) is 18.5. The molecule has 1 aliphatic rings. The molecule has 1 aliphatic heterocycles. The number of hydrogen-bond donors (Lipinski definition) is 3. The average molecular weight is 536 g/mol. The van der Waals surface area contributed by atoms with E-state index in [0.29, 0.717) is 29.3 Å². The maximum absolute atomic E-state index is 12.9. The Hall–Kier alpha value is -3.99. The third kappa shape index (κ3) is 7.11. The largest absolute Gasteiger partial charge is 0.444 e. The lowest BCUT2D eigenvalue weighted by atomic mass is 10.1. The number of nitrogens with zero attached hydrogens (tertiary/aromatic N) is 4. The van der Waals surface area contributed by atoms with Gasteiger partial charge in [-0.05, 0) is 71.8 Å². The number of aryl methyl sites for hydroxylation is 1. The third-order valence-corrected chi connectivity index (χ3v) is 6.52. The minimum Gasteiger partial charge on any atom is -0.444 e. The SMILES string of the molecule is C[C@H](NC(=O)OC(C)(C)C)C(=O)Nc1ccc(-c2ncnc3c2cc(C(=O)NCCN2CCCC2)n3C)cc1. The molecule has 1 fully saturated rings. The number of alkyl carbamates (subject to hydrolysis) is 1. The van der Waals surface area contributed by atoms with Gasteiger partial charge >= 0.3 is 6.09 Å². The average Bonchev–Trinajstić information content (AvgIpc) is 3.51. The molecular weight excluding hydrogens is 498 g/mol. The van der Waals surface area contributed by atoms with Crippen LogP contribution < -0.4 is 16.0 Å². The third-order valence-electron chi connectivity index (χ3n) is 6.52. The van der Waals surface area contributed by atoms with Crippen molar-refractivity contribution in [2.24, 2.45) is 7.05 Å². The van der Waals surface area contributed by atoms with E-state index in [1.54, 1.807) is 44.4 Å². The highest BCUT2D eigenvalue weighted by Gasteiger charge is 2.22. The van der Waals surface area contributed by atoms with Crippen molar-refractivity contribution in [1.82, 2.24) is 30.1 Å². The minimum atomic E-state index is -0.787. The zero-order valence-electron chi connectivity index (χ0n) is 23.2.